The van der Waals surface area contributed by atoms with Crippen LogP contribution < -0.4 is 11.2 Å². The van der Waals surface area contributed by atoms with Crippen LogP contribution in [0.2, 0.25) is 5.02 Å². The highest BCUT2D eigenvalue weighted by Crippen LogP contribution is 2.27. The lowest BCUT2D eigenvalue weighted by atomic mass is 10.2. The van der Waals surface area contributed by atoms with Crippen LogP contribution in [0.3, 0.4) is 0 Å². The molecule has 1 aromatic rings. The summed E-state index contributed by atoms with van der Waals surface area (Å²) >= 11 is 7.55. The van der Waals surface area contributed by atoms with E-state index >= 15 is 0 Å². The predicted octanol–water partition coefficient (Wildman–Crippen LogP) is 1.88. The first kappa shape index (κ1) is 11.9. The summed E-state index contributed by atoms with van der Waals surface area (Å²) in [6, 6.07) is 5.56. The van der Waals surface area contributed by atoms with Crippen LogP contribution in [-0.2, 0) is 0 Å². The largest absolute Gasteiger partial charge is 0.369 e. The van der Waals surface area contributed by atoms with Gasteiger partial charge < -0.3 is 5.73 Å². The molecule has 15 heavy (non-hydrogen) atoms. The maximum absolute atomic E-state index is 6.92. The quantitative estimate of drug-likeness (QED) is 0.328. The topological polar surface area (TPSA) is 74.3 Å². The number of hydrogen-bond donors (Lipinski definition) is 3. The van der Waals surface area contributed by atoms with Gasteiger partial charge in [0.15, 0.2) is 0 Å². The molecule has 0 aromatic heterocycles. The number of halogens is 1. The van der Waals surface area contributed by atoms with E-state index in [-0.39, 0.29) is 5.96 Å². The first-order valence-corrected chi connectivity index (χ1v) is 5.71. The summed E-state index contributed by atoms with van der Waals surface area (Å²) in [7, 11) is 0. The standard InChI is InChI=1S/C9H11ClN4S/c1-15-8-6(3-2-4-7(8)10)5-13-14-9(11)12/h2-5H,1H3,(H4,11,12,14)/b13-5+. The molecule has 0 radical (unpaired) electrons. The fourth-order valence-electron chi connectivity index (χ4n) is 1.01. The summed E-state index contributed by atoms with van der Waals surface area (Å²) in [5, 5.41) is 11.4. The minimum absolute atomic E-state index is 0.195. The summed E-state index contributed by atoms with van der Waals surface area (Å²) in [5.41, 5.74) is 8.32. The van der Waals surface area contributed by atoms with Crippen molar-refractivity contribution in [1.29, 1.82) is 5.41 Å². The molecule has 0 aliphatic heterocycles. The van der Waals surface area contributed by atoms with Crippen molar-refractivity contribution < 1.29 is 0 Å². The highest BCUT2D eigenvalue weighted by atomic mass is 35.5. The first-order chi connectivity index (χ1) is 7.15. The molecule has 4 N–H and O–H groups in total. The van der Waals surface area contributed by atoms with Crippen molar-refractivity contribution in [3.8, 4) is 0 Å². The molecule has 0 aliphatic rings. The zero-order chi connectivity index (χ0) is 11.3. The van der Waals surface area contributed by atoms with E-state index in [1.807, 2.05) is 24.5 Å². The molecule has 0 atom stereocenters. The second-order valence-electron chi connectivity index (χ2n) is 2.65. The third kappa shape index (κ3) is 3.45. The fraction of sp³-hybridized carbons (Fsp3) is 0.111. The minimum Gasteiger partial charge on any atom is -0.369 e. The molecular weight excluding hydrogens is 232 g/mol. The zero-order valence-electron chi connectivity index (χ0n) is 8.12. The summed E-state index contributed by atoms with van der Waals surface area (Å²) < 4.78 is 0. The minimum atomic E-state index is -0.195. The molecular formula is C9H11ClN4S. The highest BCUT2D eigenvalue weighted by Gasteiger charge is 2.02. The number of nitrogens with one attached hydrogen (secondary N) is 2. The molecule has 80 valence electrons. The van der Waals surface area contributed by atoms with Crippen LogP contribution in [-0.4, -0.2) is 18.4 Å². The Hall–Kier alpha value is -1.20. The van der Waals surface area contributed by atoms with Crippen LogP contribution in [0.4, 0.5) is 0 Å². The number of thioether (sulfide) groups is 1. The van der Waals surface area contributed by atoms with Gasteiger partial charge in [-0.1, -0.05) is 23.7 Å². The summed E-state index contributed by atoms with van der Waals surface area (Å²) in [6.07, 6.45) is 3.52. The maximum Gasteiger partial charge on any atom is 0.206 e. The molecule has 6 heteroatoms. The molecule has 0 bridgehead atoms. The lowest BCUT2D eigenvalue weighted by Crippen LogP contribution is -2.25. The third-order valence-corrected chi connectivity index (χ3v) is 2.88. The van der Waals surface area contributed by atoms with E-state index in [9.17, 15) is 0 Å². The Morgan fingerprint density at radius 1 is 1.67 bits per heavy atom. The second-order valence-corrected chi connectivity index (χ2v) is 3.87. The van der Waals surface area contributed by atoms with Crippen LogP contribution in [0.15, 0.2) is 28.2 Å². The fourth-order valence-corrected chi connectivity index (χ4v) is 2.05. The maximum atomic E-state index is 6.92. The van der Waals surface area contributed by atoms with Gasteiger partial charge in [-0.3, -0.25) is 5.41 Å². The number of rotatable bonds is 3. The SMILES string of the molecule is CSc1c(Cl)cccc1/C=N/NC(=N)N. The van der Waals surface area contributed by atoms with E-state index in [4.69, 9.17) is 22.7 Å². The van der Waals surface area contributed by atoms with Crippen molar-refractivity contribution in [1.82, 2.24) is 5.43 Å². The Bertz CT molecular complexity index is 392. The number of benzene rings is 1. The monoisotopic (exact) mass is 242 g/mol. The molecule has 0 aliphatic carbocycles. The van der Waals surface area contributed by atoms with Crippen molar-refractivity contribution in [3.05, 3.63) is 28.8 Å². The van der Waals surface area contributed by atoms with Gasteiger partial charge in [0.05, 0.1) is 11.2 Å². The van der Waals surface area contributed by atoms with Crippen LogP contribution in [0.5, 0.6) is 0 Å². The molecule has 0 amide bonds. The zero-order valence-corrected chi connectivity index (χ0v) is 9.69. The lowest BCUT2D eigenvalue weighted by Gasteiger charge is -2.04. The molecule has 0 saturated carbocycles. The Morgan fingerprint density at radius 2 is 2.40 bits per heavy atom. The number of guanidine groups is 1. The molecule has 0 heterocycles. The van der Waals surface area contributed by atoms with Crippen LogP contribution in [0.25, 0.3) is 0 Å². The predicted molar refractivity (Wildman–Crippen MR) is 65.9 cm³/mol. The van der Waals surface area contributed by atoms with Crippen molar-refractivity contribution in [2.24, 2.45) is 10.8 Å². The highest BCUT2D eigenvalue weighted by molar-refractivity contribution is 7.98. The van der Waals surface area contributed by atoms with Crippen molar-refractivity contribution >= 4 is 35.5 Å². The second kappa shape index (κ2) is 5.63. The first-order valence-electron chi connectivity index (χ1n) is 4.10. The molecule has 0 unspecified atom stereocenters. The van der Waals surface area contributed by atoms with Gasteiger partial charge in [0, 0.05) is 10.5 Å². The molecule has 4 nitrogen and oxygen atoms in total. The van der Waals surface area contributed by atoms with Gasteiger partial charge in [-0.25, -0.2) is 5.43 Å². The Balaban J connectivity index is 2.89. The van der Waals surface area contributed by atoms with Crippen molar-refractivity contribution in [2.45, 2.75) is 4.90 Å². The molecule has 0 spiro atoms. The van der Waals surface area contributed by atoms with E-state index in [2.05, 4.69) is 10.5 Å². The van der Waals surface area contributed by atoms with Gasteiger partial charge in [0.1, 0.15) is 0 Å². The van der Waals surface area contributed by atoms with Gasteiger partial charge in [-0.2, -0.15) is 5.10 Å². The van der Waals surface area contributed by atoms with E-state index in [1.54, 1.807) is 18.0 Å². The molecule has 0 fully saturated rings. The van der Waals surface area contributed by atoms with Crippen molar-refractivity contribution in [3.63, 3.8) is 0 Å². The van der Waals surface area contributed by atoms with Crippen molar-refractivity contribution in [2.75, 3.05) is 6.26 Å². The summed E-state index contributed by atoms with van der Waals surface area (Å²) in [5.74, 6) is -0.195. The van der Waals surface area contributed by atoms with E-state index in [0.717, 1.165) is 10.5 Å². The average molecular weight is 243 g/mol. The van der Waals surface area contributed by atoms with Gasteiger partial charge in [-0.15, -0.1) is 11.8 Å². The van der Waals surface area contributed by atoms with Gasteiger partial charge in [0.2, 0.25) is 5.96 Å². The lowest BCUT2D eigenvalue weighted by molar-refractivity contribution is 1.00. The Labute approximate surface area is 97.4 Å². The molecule has 0 saturated heterocycles. The summed E-state index contributed by atoms with van der Waals surface area (Å²) in [6.45, 7) is 0. The molecule has 1 rings (SSSR count). The number of nitrogens with two attached hydrogens (primary N) is 1. The Kier molecular flexibility index (Phi) is 4.45. The normalized spacial score (nSPS) is 10.5. The van der Waals surface area contributed by atoms with E-state index in [0.29, 0.717) is 5.02 Å². The van der Waals surface area contributed by atoms with E-state index < -0.39 is 0 Å². The average Bonchev–Trinajstić information content (AvgIpc) is 2.17. The van der Waals surface area contributed by atoms with Gasteiger partial charge >= 0.3 is 0 Å². The number of hydrazone groups is 1. The number of nitrogens with zero attached hydrogens (tertiary/aromatic N) is 1. The smallest absolute Gasteiger partial charge is 0.206 e. The van der Waals surface area contributed by atoms with Crippen LogP contribution in [0, 0.1) is 5.41 Å². The van der Waals surface area contributed by atoms with Gasteiger partial charge in [0.25, 0.3) is 0 Å². The van der Waals surface area contributed by atoms with Crippen LogP contribution in [0.1, 0.15) is 5.56 Å². The third-order valence-electron chi connectivity index (χ3n) is 1.59. The summed E-state index contributed by atoms with van der Waals surface area (Å²) in [4.78, 5) is 0.952. The number of hydrogen-bond acceptors (Lipinski definition) is 3. The van der Waals surface area contributed by atoms with Gasteiger partial charge in [-0.05, 0) is 12.3 Å². The Morgan fingerprint density at radius 3 is 3.00 bits per heavy atom. The van der Waals surface area contributed by atoms with E-state index in [1.165, 1.54) is 0 Å². The molecule has 1 aromatic carbocycles. The van der Waals surface area contributed by atoms with Crippen LogP contribution >= 0.6 is 23.4 Å².